The zero-order chi connectivity index (χ0) is 17.4. The van der Waals surface area contributed by atoms with Gasteiger partial charge < -0.3 is 10.1 Å². The van der Waals surface area contributed by atoms with Crippen molar-refractivity contribution in [1.29, 1.82) is 0 Å². The van der Waals surface area contributed by atoms with E-state index in [1.807, 2.05) is 36.4 Å². The van der Waals surface area contributed by atoms with Crippen molar-refractivity contribution in [3.8, 4) is 5.75 Å². The molecular formula is C21H29NO2. The number of benzene rings is 2. The number of fused-ring (bicyclic) bond motifs is 1. The summed E-state index contributed by atoms with van der Waals surface area (Å²) >= 11 is 0. The van der Waals surface area contributed by atoms with Gasteiger partial charge in [0.1, 0.15) is 5.75 Å². The Labute approximate surface area is 145 Å². The predicted octanol–water partition coefficient (Wildman–Crippen LogP) is 4.94. The van der Waals surface area contributed by atoms with Gasteiger partial charge in [-0.05, 0) is 42.2 Å². The summed E-state index contributed by atoms with van der Waals surface area (Å²) in [5.41, 5.74) is 0. The van der Waals surface area contributed by atoms with E-state index in [-0.39, 0.29) is 5.91 Å². The van der Waals surface area contributed by atoms with Crippen LogP contribution >= 0.6 is 0 Å². The van der Waals surface area contributed by atoms with Crippen LogP contribution in [0, 0.1) is 5.92 Å². The molecule has 0 aromatic heterocycles. The summed E-state index contributed by atoms with van der Waals surface area (Å²) in [6, 6.07) is 14.1. The molecule has 24 heavy (non-hydrogen) atoms. The zero-order valence-electron chi connectivity index (χ0n) is 15.0. The molecule has 0 spiro atoms. The van der Waals surface area contributed by atoms with E-state index in [4.69, 9.17) is 4.74 Å². The summed E-state index contributed by atoms with van der Waals surface area (Å²) in [6.45, 7) is 6.92. The summed E-state index contributed by atoms with van der Waals surface area (Å²) in [4.78, 5) is 12.3. The molecule has 0 bridgehead atoms. The fourth-order valence-electron chi connectivity index (χ4n) is 2.83. The lowest BCUT2D eigenvalue weighted by molar-refractivity contribution is -0.127. The average Bonchev–Trinajstić information content (AvgIpc) is 2.61. The Morgan fingerprint density at radius 3 is 2.58 bits per heavy atom. The van der Waals surface area contributed by atoms with E-state index in [2.05, 4.69) is 25.2 Å². The molecule has 3 nitrogen and oxygen atoms in total. The molecule has 2 aromatic carbocycles. The number of hydrogen-bond donors (Lipinski definition) is 1. The third-order valence-electron chi connectivity index (χ3n) is 4.51. The van der Waals surface area contributed by atoms with Crippen molar-refractivity contribution in [3.63, 3.8) is 0 Å². The largest absolute Gasteiger partial charge is 0.481 e. The van der Waals surface area contributed by atoms with Crippen molar-refractivity contribution in [1.82, 2.24) is 5.32 Å². The van der Waals surface area contributed by atoms with E-state index in [9.17, 15) is 4.79 Å². The third kappa shape index (κ3) is 5.26. The van der Waals surface area contributed by atoms with Gasteiger partial charge in [-0.2, -0.15) is 0 Å². The van der Waals surface area contributed by atoms with Crippen LogP contribution in [-0.2, 0) is 4.79 Å². The third-order valence-corrected chi connectivity index (χ3v) is 4.51. The van der Waals surface area contributed by atoms with Gasteiger partial charge in [-0.25, -0.2) is 0 Å². The Morgan fingerprint density at radius 1 is 1.12 bits per heavy atom. The van der Waals surface area contributed by atoms with Crippen LogP contribution in [0.15, 0.2) is 42.5 Å². The lowest BCUT2D eigenvalue weighted by Crippen LogP contribution is -2.38. The smallest absolute Gasteiger partial charge is 0.260 e. The highest BCUT2D eigenvalue weighted by molar-refractivity contribution is 5.84. The summed E-state index contributed by atoms with van der Waals surface area (Å²) < 4.78 is 5.82. The van der Waals surface area contributed by atoms with Crippen LogP contribution < -0.4 is 10.1 Å². The minimum absolute atomic E-state index is 0.0434. The number of rotatable bonds is 9. The molecule has 0 radical (unpaired) electrons. The quantitative estimate of drug-likeness (QED) is 0.708. The molecule has 1 amide bonds. The molecule has 0 aliphatic carbocycles. The van der Waals surface area contributed by atoms with Crippen molar-refractivity contribution < 1.29 is 9.53 Å². The molecule has 2 atom stereocenters. The second kappa shape index (κ2) is 9.31. The van der Waals surface area contributed by atoms with Gasteiger partial charge in [0, 0.05) is 6.54 Å². The highest BCUT2D eigenvalue weighted by Gasteiger charge is 2.16. The van der Waals surface area contributed by atoms with Crippen molar-refractivity contribution >= 4 is 16.7 Å². The minimum atomic E-state index is -0.491. The van der Waals surface area contributed by atoms with E-state index >= 15 is 0 Å². The number of hydrogen-bond acceptors (Lipinski definition) is 2. The topological polar surface area (TPSA) is 38.3 Å². The SMILES string of the molecule is CCCC[C@H](CC)CNC(=O)[C@@H](C)Oc1ccc2ccccc2c1. The molecule has 0 unspecified atom stereocenters. The second-order valence-corrected chi connectivity index (χ2v) is 6.43. The van der Waals surface area contributed by atoms with Gasteiger partial charge in [-0.3, -0.25) is 4.79 Å². The standard InChI is InChI=1S/C21H29NO2/c1-4-6-9-17(5-2)15-22-21(23)16(3)24-20-13-12-18-10-7-8-11-19(18)14-20/h7-8,10-14,16-17H,4-6,9,15H2,1-3H3,(H,22,23)/t16-,17+/m1/s1. The Hall–Kier alpha value is -2.03. The first kappa shape index (κ1) is 18.3. The van der Waals surface area contributed by atoms with E-state index < -0.39 is 6.10 Å². The molecule has 2 aromatic rings. The van der Waals surface area contributed by atoms with Crippen LogP contribution in [0.1, 0.15) is 46.5 Å². The van der Waals surface area contributed by atoms with Gasteiger partial charge in [0.2, 0.25) is 0 Å². The summed E-state index contributed by atoms with van der Waals surface area (Å²) in [7, 11) is 0. The Morgan fingerprint density at radius 2 is 1.88 bits per heavy atom. The van der Waals surface area contributed by atoms with Gasteiger partial charge in [-0.15, -0.1) is 0 Å². The van der Waals surface area contributed by atoms with Crippen molar-refractivity contribution in [2.24, 2.45) is 5.92 Å². The Balaban J connectivity index is 1.88. The van der Waals surface area contributed by atoms with Crippen LogP contribution in [-0.4, -0.2) is 18.6 Å². The second-order valence-electron chi connectivity index (χ2n) is 6.43. The van der Waals surface area contributed by atoms with E-state index in [1.165, 1.54) is 24.6 Å². The number of carbonyl (C=O) groups excluding carboxylic acids is 1. The molecule has 2 rings (SSSR count). The lowest BCUT2D eigenvalue weighted by Gasteiger charge is -2.18. The number of carbonyl (C=O) groups is 1. The maximum atomic E-state index is 12.3. The van der Waals surface area contributed by atoms with Crippen molar-refractivity contribution in [2.45, 2.75) is 52.6 Å². The van der Waals surface area contributed by atoms with E-state index in [0.717, 1.165) is 24.1 Å². The Kier molecular flexibility index (Phi) is 7.10. The summed E-state index contributed by atoms with van der Waals surface area (Å²) in [6.07, 6.45) is 4.20. The van der Waals surface area contributed by atoms with Crippen molar-refractivity contribution in [2.75, 3.05) is 6.54 Å². The average molecular weight is 327 g/mol. The van der Waals surface area contributed by atoms with Crippen LogP contribution in [0.5, 0.6) is 5.75 Å². The molecule has 0 saturated carbocycles. The van der Waals surface area contributed by atoms with Crippen molar-refractivity contribution in [3.05, 3.63) is 42.5 Å². The predicted molar refractivity (Wildman–Crippen MR) is 100 cm³/mol. The van der Waals surface area contributed by atoms with E-state index in [1.54, 1.807) is 6.92 Å². The minimum Gasteiger partial charge on any atom is -0.481 e. The number of ether oxygens (including phenoxy) is 1. The summed E-state index contributed by atoms with van der Waals surface area (Å²) in [5.74, 6) is 1.24. The fourth-order valence-corrected chi connectivity index (χ4v) is 2.83. The molecule has 1 N–H and O–H groups in total. The van der Waals surface area contributed by atoms with Crippen LogP contribution in [0.25, 0.3) is 10.8 Å². The lowest BCUT2D eigenvalue weighted by atomic mass is 9.99. The summed E-state index contributed by atoms with van der Waals surface area (Å²) in [5, 5.41) is 5.32. The Bertz CT molecular complexity index is 653. The number of nitrogens with one attached hydrogen (secondary N) is 1. The molecule has 0 fully saturated rings. The maximum absolute atomic E-state index is 12.3. The van der Waals surface area contributed by atoms with Crippen LogP contribution in [0.3, 0.4) is 0 Å². The molecule has 3 heteroatoms. The monoisotopic (exact) mass is 327 g/mol. The molecular weight excluding hydrogens is 298 g/mol. The van der Waals surface area contributed by atoms with Crippen LogP contribution in [0.2, 0.25) is 0 Å². The van der Waals surface area contributed by atoms with Gasteiger partial charge in [0.25, 0.3) is 5.91 Å². The maximum Gasteiger partial charge on any atom is 0.260 e. The molecule has 0 saturated heterocycles. The molecule has 130 valence electrons. The highest BCUT2D eigenvalue weighted by atomic mass is 16.5. The first-order chi connectivity index (χ1) is 11.6. The molecule has 0 aliphatic rings. The number of unbranched alkanes of at least 4 members (excludes halogenated alkanes) is 1. The molecule has 0 heterocycles. The number of amides is 1. The fraction of sp³-hybridized carbons (Fsp3) is 0.476. The van der Waals surface area contributed by atoms with Crippen LogP contribution in [0.4, 0.5) is 0 Å². The first-order valence-corrected chi connectivity index (χ1v) is 9.07. The van der Waals surface area contributed by atoms with Gasteiger partial charge >= 0.3 is 0 Å². The highest BCUT2D eigenvalue weighted by Crippen LogP contribution is 2.21. The van der Waals surface area contributed by atoms with Gasteiger partial charge in [-0.1, -0.05) is 63.4 Å². The zero-order valence-corrected chi connectivity index (χ0v) is 15.0. The van der Waals surface area contributed by atoms with Gasteiger partial charge in [0.15, 0.2) is 6.10 Å². The molecule has 0 aliphatic heterocycles. The first-order valence-electron chi connectivity index (χ1n) is 9.07. The normalized spacial score (nSPS) is 13.5. The van der Waals surface area contributed by atoms with Gasteiger partial charge in [0.05, 0.1) is 0 Å². The van der Waals surface area contributed by atoms with E-state index in [0.29, 0.717) is 5.92 Å².